The van der Waals surface area contributed by atoms with Gasteiger partial charge in [0, 0.05) is 12.7 Å². The van der Waals surface area contributed by atoms with E-state index < -0.39 is 6.04 Å². The predicted molar refractivity (Wildman–Crippen MR) is 59.8 cm³/mol. The number of ether oxygens (including phenoxy) is 1. The average molecular weight is 231 g/mol. The van der Waals surface area contributed by atoms with Gasteiger partial charge in [-0.2, -0.15) is 12.6 Å². The molecule has 86 valence electrons. The molecule has 0 saturated heterocycles. The second-order valence-electron chi connectivity index (χ2n) is 3.78. The van der Waals surface area contributed by atoms with Crippen LogP contribution in [0.25, 0.3) is 0 Å². The summed E-state index contributed by atoms with van der Waals surface area (Å²) < 4.78 is 5.26. The normalized spacial score (nSPS) is 18.5. The Kier molecular flexibility index (Phi) is 4.94. The van der Waals surface area contributed by atoms with E-state index in [-0.39, 0.29) is 23.7 Å². The van der Waals surface area contributed by atoms with Gasteiger partial charge >= 0.3 is 5.97 Å². The second kappa shape index (κ2) is 6.00. The zero-order valence-electron chi connectivity index (χ0n) is 8.86. The van der Waals surface area contributed by atoms with E-state index in [9.17, 15) is 9.59 Å². The van der Waals surface area contributed by atoms with Crippen molar-refractivity contribution in [1.82, 2.24) is 5.32 Å². The number of hydrogen-bond acceptors (Lipinski definition) is 4. The molecule has 0 spiro atoms. The van der Waals surface area contributed by atoms with Crippen LogP contribution in [0.3, 0.4) is 0 Å². The van der Waals surface area contributed by atoms with Crippen molar-refractivity contribution in [3.05, 3.63) is 0 Å². The van der Waals surface area contributed by atoms with Crippen LogP contribution in [0, 0.1) is 0 Å². The smallest absolute Gasteiger partial charge is 0.329 e. The van der Waals surface area contributed by atoms with Crippen LogP contribution >= 0.6 is 12.6 Å². The predicted octanol–water partition coefficient (Wildman–Crippen LogP) is 0.907. The molecule has 0 aromatic carbocycles. The lowest BCUT2D eigenvalue weighted by Gasteiger charge is -2.17. The standard InChI is InChI=1S/C10H17NO3S/c1-7(12)11-9(6-15)10(13)14-8-4-2-3-5-8/h8-9,15H,2-6H2,1H3,(H,11,12)/t9-/m0/s1. The van der Waals surface area contributed by atoms with Crippen LogP contribution in [0.15, 0.2) is 0 Å². The molecule has 0 aliphatic heterocycles. The van der Waals surface area contributed by atoms with Gasteiger partial charge in [0.2, 0.25) is 5.91 Å². The highest BCUT2D eigenvalue weighted by molar-refractivity contribution is 7.80. The quantitative estimate of drug-likeness (QED) is 0.558. The molecule has 1 atom stereocenters. The molecule has 1 N–H and O–H groups in total. The summed E-state index contributed by atoms with van der Waals surface area (Å²) in [4.78, 5) is 22.4. The molecule has 5 heteroatoms. The summed E-state index contributed by atoms with van der Waals surface area (Å²) in [6.45, 7) is 1.37. The lowest BCUT2D eigenvalue weighted by atomic mass is 10.3. The first-order chi connectivity index (χ1) is 7.13. The van der Waals surface area contributed by atoms with E-state index in [1.807, 2.05) is 0 Å². The Morgan fingerprint density at radius 2 is 2.07 bits per heavy atom. The Balaban J connectivity index is 2.38. The number of thiol groups is 1. The number of nitrogens with one attached hydrogen (secondary N) is 1. The summed E-state index contributed by atoms with van der Waals surface area (Å²) in [6.07, 6.45) is 4.14. The van der Waals surface area contributed by atoms with Gasteiger partial charge in [-0.3, -0.25) is 4.79 Å². The number of carbonyl (C=O) groups is 2. The van der Waals surface area contributed by atoms with Crippen LogP contribution in [0.4, 0.5) is 0 Å². The Morgan fingerprint density at radius 1 is 1.47 bits per heavy atom. The van der Waals surface area contributed by atoms with E-state index in [1.165, 1.54) is 6.92 Å². The third-order valence-electron chi connectivity index (χ3n) is 2.43. The summed E-state index contributed by atoms with van der Waals surface area (Å²) in [6, 6.07) is -0.619. The number of esters is 1. The van der Waals surface area contributed by atoms with Gasteiger partial charge in [-0.15, -0.1) is 0 Å². The van der Waals surface area contributed by atoms with Crippen LogP contribution in [-0.4, -0.2) is 29.8 Å². The van der Waals surface area contributed by atoms with Gasteiger partial charge < -0.3 is 10.1 Å². The van der Waals surface area contributed by atoms with Crippen LogP contribution in [0.2, 0.25) is 0 Å². The van der Waals surface area contributed by atoms with Gasteiger partial charge in [0.15, 0.2) is 0 Å². The number of amides is 1. The van der Waals surface area contributed by atoms with E-state index in [4.69, 9.17) is 4.74 Å². The van der Waals surface area contributed by atoms with Crippen LogP contribution < -0.4 is 5.32 Å². The van der Waals surface area contributed by atoms with Crippen molar-refractivity contribution in [2.45, 2.75) is 44.8 Å². The van der Waals surface area contributed by atoms with Gasteiger partial charge in [0.1, 0.15) is 12.1 Å². The average Bonchev–Trinajstić information content (AvgIpc) is 2.66. The molecule has 0 bridgehead atoms. The second-order valence-corrected chi connectivity index (χ2v) is 4.14. The highest BCUT2D eigenvalue weighted by Gasteiger charge is 2.24. The first kappa shape index (κ1) is 12.4. The summed E-state index contributed by atoms with van der Waals surface area (Å²) >= 11 is 4.01. The van der Waals surface area contributed by atoms with Crippen molar-refractivity contribution in [2.24, 2.45) is 0 Å². The highest BCUT2D eigenvalue weighted by Crippen LogP contribution is 2.21. The van der Waals surface area contributed by atoms with Gasteiger partial charge in [-0.05, 0) is 25.7 Å². The maximum Gasteiger partial charge on any atom is 0.329 e. The lowest BCUT2D eigenvalue weighted by Crippen LogP contribution is -2.43. The molecule has 1 saturated carbocycles. The van der Waals surface area contributed by atoms with Crippen LogP contribution in [0.1, 0.15) is 32.6 Å². The minimum absolute atomic E-state index is 0.0358. The van der Waals surface area contributed by atoms with Crippen molar-refractivity contribution < 1.29 is 14.3 Å². The molecule has 4 nitrogen and oxygen atoms in total. The zero-order valence-corrected chi connectivity index (χ0v) is 9.76. The van der Waals surface area contributed by atoms with Crippen molar-refractivity contribution in [2.75, 3.05) is 5.75 Å². The molecule has 0 aromatic heterocycles. The van der Waals surface area contributed by atoms with Crippen molar-refractivity contribution in [3.63, 3.8) is 0 Å². The minimum atomic E-state index is -0.619. The Hall–Kier alpha value is -0.710. The Labute approximate surface area is 95.2 Å². The zero-order chi connectivity index (χ0) is 11.3. The van der Waals surface area contributed by atoms with Gasteiger partial charge in [-0.25, -0.2) is 4.79 Å². The third-order valence-corrected chi connectivity index (χ3v) is 2.79. The van der Waals surface area contributed by atoms with Crippen LogP contribution in [0.5, 0.6) is 0 Å². The van der Waals surface area contributed by atoms with Crippen molar-refractivity contribution in [1.29, 1.82) is 0 Å². The summed E-state index contributed by atoms with van der Waals surface area (Å²) in [5, 5.41) is 2.51. The van der Waals surface area contributed by atoms with E-state index in [2.05, 4.69) is 17.9 Å². The van der Waals surface area contributed by atoms with E-state index in [0.717, 1.165) is 25.7 Å². The number of rotatable bonds is 4. The fourth-order valence-electron chi connectivity index (χ4n) is 1.68. The summed E-state index contributed by atoms with van der Waals surface area (Å²) in [5.74, 6) is -0.338. The SMILES string of the molecule is CC(=O)N[C@@H](CS)C(=O)OC1CCCC1. The van der Waals surface area contributed by atoms with Crippen molar-refractivity contribution in [3.8, 4) is 0 Å². The van der Waals surface area contributed by atoms with E-state index in [0.29, 0.717) is 0 Å². The van der Waals surface area contributed by atoms with Crippen LogP contribution in [-0.2, 0) is 14.3 Å². The first-order valence-electron chi connectivity index (χ1n) is 5.22. The third kappa shape index (κ3) is 4.11. The Morgan fingerprint density at radius 3 is 2.53 bits per heavy atom. The van der Waals surface area contributed by atoms with Gasteiger partial charge in [0.05, 0.1) is 0 Å². The molecule has 1 fully saturated rings. The molecule has 1 aliphatic rings. The maximum atomic E-state index is 11.6. The fraction of sp³-hybridized carbons (Fsp3) is 0.800. The topological polar surface area (TPSA) is 55.4 Å². The molecule has 0 unspecified atom stereocenters. The molecule has 1 amide bonds. The molecule has 1 aliphatic carbocycles. The molecular weight excluding hydrogens is 214 g/mol. The monoisotopic (exact) mass is 231 g/mol. The molecular formula is C10H17NO3S. The fourth-order valence-corrected chi connectivity index (χ4v) is 1.92. The minimum Gasteiger partial charge on any atom is -0.461 e. The summed E-state index contributed by atoms with van der Waals surface area (Å²) in [7, 11) is 0. The molecule has 1 rings (SSSR count). The van der Waals surface area contributed by atoms with E-state index in [1.54, 1.807) is 0 Å². The molecule has 0 heterocycles. The first-order valence-corrected chi connectivity index (χ1v) is 5.85. The van der Waals surface area contributed by atoms with Gasteiger partial charge in [0.25, 0.3) is 0 Å². The van der Waals surface area contributed by atoms with E-state index >= 15 is 0 Å². The molecule has 15 heavy (non-hydrogen) atoms. The molecule has 0 aromatic rings. The summed E-state index contributed by atoms with van der Waals surface area (Å²) in [5.41, 5.74) is 0. The largest absolute Gasteiger partial charge is 0.461 e. The lowest BCUT2D eigenvalue weighted by molar-refractivity contribution is -0.151. The highest BCUT2D eigenvalue weighted by atomic mass is 32.1. The number of carbonyl (C=O) groups excluding carboxylic acids is 2. The number of hydrogen-bond donors (Lipinski definition) is 2. The van der Waals surface area contributed by atoms with Gasteiger partial charge in [-0.1, -0.05) is 0 Å². The van der Waals surface area contributed by atoms with Crippen molar-refractivity contribution >= 4 is 24.5 Å². The maximum absolute atomic E-state index is 11.6. The molecule has 0 radical (unpaired) electrons. The Bertz CT molecular complexity index is 239.